The second kappa shape index (κ2) is 10.8. The zero-order valence-electron chi connectivity index (χ0n) is 18.8. The van der Waals surface area contributed by atoms with E-state index in [-0.39, 0.29) is 18.7 Å². The number of carboxylic acids is 1. The fourth-order valence-corrected chi connectivity index (χ4v) is 4.53. The molecule has 2 N–H and O–H groups in total. The number of aliphatic carboxylic acids is 1. The highest BCUT2D eigenvalue weighted by atomic mass is 16.5. The van der Waals surface area contributed by atoms with Gasteiger partial charge in [0.25, 0.3) is 0 Å². The molecule has 0 amide bonds. The summed E-state index contributed by atoms with van der Waals surface area (Å²) in [6.45, 7) is 2.23. The summed E-state index contributed by atoms with van der Waals surface area (Å²) in [6, 6.07) is 28.5. The molecule has 1 heterocycles. The van der Waals surface area contributed by atoms with Crippen LogP contribution in [0.4, 0.5) is 5.69 Å². The minimum Gasteiger partial charge on any atom is -0.473 e. The Balaban J connectivity index is 1.33. The van der Waals surface area contributed by atoms with Gasteiger partial charge in [-0.3, -0.25) is 5.21 Å². The van der Waals surface area contributed by atoms with Gasteiger partial charge in [0.05, 0.1) is 0 Å². The Morgan fingerprint density at radius 2 is 1.45 bits per heavy atom. The number of nitrogens with zero attached hydrogens (tertiary/aromatic N) is 2. The van der Waals surface area contributed by atoms with Crippen molar-refractivity contribution in [2.75, 3.05) is 18.0 Å². The third-order valence-corrected chi connectivity index (χ3v) is 6.45. The molecule has 0 radical (unpaired) electrons. The third-order valence-electron chi connectivity index (χ3n) is 6.45. The standard InChI is InChI=1S/C28H30N2O3/c31-28(32)27(30(33)21-23-7-3-1-4-8-23)16-13-22-11-14-26(15-12-22)29-19-17-25(18-20-29)24-9-5-2-6-10-24/h1-12,14-15,25H,13,16-21H2,(H-,31,32,33)/p+1. The van der Waals surface area contributed by atoms with E-state index in [0.717, 1.165) is 41.8 Å². The van der Waals surface area contributed by atoms with Gasteiger partial charge in [-0.25, -0.2) is 4.79 Å². The summed E-state index contributed by atoms with van der Waals surface area (Å²) in [6.07, 6.45) is 3.12. The maximum atomic E-state index is 11.7. The molecule has 0 aromatic heterocycles. The van der Waals surface area contributed by atoms with Crippen LogP contribution in [-0.2, 0) is 17.8 Å². The summed E-state index contributed by atoms with van der Waals surface area (Å²) >= 11 is 0. The highest BCUT2D eigenvalue weighted by Gasteiger charge is 2.24. The number of piperidine rings is 1. The number of carboxylic acid groups (broad SMARTS) is 1. The first kappa shape index (κ1) is 22.6. The van der Waals surface area contributed by atoms with E-state index in [9.17, 15) is 15.1 Å². The molecule has 1 aliphatic rings. The number of anilines is 1. The first-order valence-electron chi connectivity index (χ1n) is 11.6. The van der Waals surface area contributed by atoms with E-state index in [1.54, 1.807) is 0 Å². The van der Waals surface area contributed by atoms with Crippen molar-refractivity contribution in [3.63, 3.8) is 0 Å². The minimum atomic E-state index is -1.09. The number of benzene rings is 3. The van der Waals surface area contributed by atoms with Gasteiger partial charge < -0.3 is 10.0 Å². The van der Waals surface area contributed by atoms with E-state index >= 15 is 0 Å². The third kappa shape index (κ3) is 6.01. The molecule has 0 spiro atoms. The van der Waals surface area contributed by atoms with Crippen LogP contribution in [0.1, 0.15) is 41.9 Å². The van der Waals surface area contributed by atoms with Gasteiger partial charge in [0, 0.05) is 30.8 Å². The molecule has 3 aromatic rings. The van der Waals surface area contributed by atoms with Crippen molar-refractivity contribution in [1.82, 2.24) is 0 Å². The summed E-state index contributed by atoms with van der Waals surface area (Å²) in [4.78, 5) is 14.1. The normalized spacial score (nSPS) is 15.2. The predicted octanol–water partition coefficient (Wildman–Crippen LogP) is 5.13. The lowest BCUT2D eigenvalue weighted by atomic mass is 9.89. The molecule has 0 bridgehead atoms. The Bertz CT molecular complexity index is 1070. The average Bonchev–Trinajstić information content (AvgIpc) is 2.86. The molecule has 3 aromatic carbocycles. The summed E-state index contributed by atoms with van der Waals surface area (Å²) in [5, 5.41) is 19.9. The number of hydrogen-bond acceptors (Lipinski definition) is 3. The van der Waals surface area contributed by atoms with E-state index in [2.05, 4.69) is 59.5 Å². The fourth-order valence-electron chi connectivity index (χ4n) is 4.53. The molecule has 1 fully saturated rings. The van der Waals surface area contributed by atoms with Crippen molar-refractivity contribution in [3.8, 4) is 0 Å². The molecule has 1 aliphatic heterocycles. The fraction of sp³-hybridized carbons (Fsp3) is 0.286. The Kier molecular flexibility index (Phi) is 7.40. The van der Waals surface area contributed by atoms with Crippen molar-refractivity contribution in [1.29, 1.82) is 0 Å². The molecular formula is C28H31N2O3+. The Hall–Kier alpha value is -3.60. The highest BCUT2D eigenvalue weighted by molar-refractivity contribution is 6.33. The monoisotopic (exact) mass is 443 g/mol. The molecule has 4 rings (SSSR count). The van der Waals surface area contributed by atoms with Gasteiger partial charge in [-0.1, -0.05) is 72.8 Å². The average molecular weight is 444 g/mol. The number of hydrogen-bond donors (Lipinski definition) is 2. The van der Waals surface area contributed by atoms with Gasteiger partial charge in [-0.2, -0.15) is 0 Å². The van der Waals surface area contributed by atoms with Gasteiger partial charge in [-0.15, -0.1) is 0 Å². The maximum absolute atomic E-state index is 11.7. The molecule has 33 heavy (non-hydrogen) atoms. The van der Waals surface area contributed by atoms with Gasteiger partial charge in [0.2, 0.25) is 6.54 Å². The molecule has 5 nitrogen and oxygen atoms in total. The van der Waals surface area contributed by atoms with Crippen LogP contribution >= 0.6 is 0 Å². The zero-order chi connectivity index (χ0) is 23.0. The van der Waals surface area contributed by atoms with Crippen LogP contribution in [0, 0.1) is 0 Å². The van der Waals surface area contributed by atoms with Gasteiger partial charge in [0.15, 0.2) is 0 Å². The second-order valence-corrected chi connectivity index (χ2v) is 8.63. The minimum absolute atomic E-state index is 0.00548. The van der Waals surface area contributed by atoms with E-state index in [4.69, 9.17) is 0 Å². The van der Waals surface area contributed by atoms with Crippen molar-refractivity contribution in [2.45, 2.75) is 38.1 Å². The Morgan fingerprint density at radius 1 is 0.848 bits per heavy atom. The molecular weight excluding hydrogens is 412 g/mol. The summed E-state index contributed by atoms with van der Waals surface area (Å²) in [7, 11) is 0. The van der Waals surface area contributed by atoms with E-state index in [1.165, 1.54) is 11.3 Å². The molecule has 1 saturated heterocycles. The second-order valence-electron chi connectivity index (χ2n) is 8.63. The Labute approximate surface area is 195 Å². The molecule has 0 unspecified atom stereocenters. The summed E-state index contributed by atoms with van der Waals surface area (Å²) in [5.41, 5.74) is 4.57. The SMILES string of the molecule is O=C(O)C(CCc1ccc(N2CCC(c3ccccc3)CC2)cc1)=[N+](O)Cc1ccccc1. The highest BCUT2D eigenvalue weighted by Crippen LogP contribution is 2.30. The summed E-state index contributed by atoms with van der Waals surface area (Å²) < 4.78 is 0.850. The summed E-state index contributed by atoms with van der Waals surface area (Å²) in [5.74, 6) is -0.463. The van der Waals surface area contributed by atoms with Crippen LogP contribution in [0.15, 0.2) is 84.9 Å². The topological polar surface area (TPSA) is 63.8 Å². The predicted molar refractivity (Wildman–Crippen MR) is 130 cm³/mol. The largest absolute Gasteiger partial charge is 0.473 e. The number of hydroxylamine groups is 1. The molecule has 170 valence electrons. The van der Waals surface area contributed by atoms with E-state index in [1.807, 2.05) is 30.3 Å². The van der Waals surface area contributed by atoms with Gasteiger partial charge >= 0.3 is 11.7 Å². The smallest absolute Gasteiger partial charge is 0.400 e. The molecule has 0 saturated carbocycles. The van der Waals surface area contributed by atoms with Crippen LogP contribution in [0.3, 0.4) is 0 Å². The van der Waals surface area contributed by atoms with Crippen LogP contribution in [-0.4, -0.2) is 39.8 Å². The number of carbonyl (C=O) groups is 1. The molecule has 5 heteroatoms. The molecule has 0 aliphatic carbocycles. The first-order valence-corrected chi connectivity index (χ1v) is 11.6. The maximum Gasteiger partial charge on any atom is 0.400 e. The molecule has 0 atom stereocenters. The van der Waals surface area contributed by atoms with Crippen molar-refractivity contribution in [2.24, 2.45) is 0 Å². The van der Waals surface area contributed by atoms with Crippen LogP contribution in [0.25, 0.3) is 0 Å². The van der Waals surface area contributed by atoms with Crippen LogP contribution < -0.4 is 4.90 Å². The lowest BCUT2D eigenvalue weighted by Crippen LogP contribution is -2.32. The Morgan fingerprint density at radius 3 is 2.06 bits per heavy atom. The van der Waals surface area contributed by atoms with Crippen molar-refractivity contribution < 1.29 is 19.8 Å². The van der Waals surface area contributed by atoms with Crippen LogP contribution in [0.2, 0.25) is 0 Å². The number of rotatable bonds is 8. The number of aryl methyl sites for hydroxylation is 1. The van der Waals surface area contributed by atoms with Crippen LogP contribution in [0.5, 0.6) is 0 Å². The zero-order valence-corrected chi connectivity index (χ0v) is 18.8. The van der Waals surface area contributed by atoms with E-state index < -0.39 is 5.97 Å². The quantitative estimate of drug-likeness (QED) is 0.219. The van der Waals surface area contributed by atoms with Crippen molar-refractivity contribution >= 4 is 17.4 Å². The lowest BCUT2D eigenvalue weighted by Gasteiger charge is -2.34. The lowest BCUT2D eigenvalue weighted by molar-refractivity contribution is -0.786. The van der Waals surface area contributed by atoms with Crippen molar-refractivity contribution in [3.05, 3.63) is 102 Å². The van der Waals surface area contributed by atoms with E-state index in [0.29, 0.717) is 12.3 Å². The van der Waals surface area contributed by atoms with Gasteiger partial charge in [-0.05, 0) is 53.2 Å². The van der Waals surface area contributed by atoms with Gasteiger partial charge in [0.1, 0.15) is 0 Å². The first-order chi connectivity index (χ1) is 16.1.